The standard InChI is InChI=1S/C22H28N2.ClH/c1-16-21-15-18-14-19(23)8-9-20(18)22(16,2)11-13-24(21)12-10-17-6-4-3-5-7-17;/h3-9,14,16,21H,10-13,15,23H2,1-2H3;1H/t16-,21?,22-;/m0./s1. The fraction of sp³-hybridized carbons (Fsp3) is 0.455. The van der Waals surface area contributed by atoms with Crippen LogP contribution in [0.25, 0.3) is 0 Å². The summed E-state index contributed by atoms with van der Waals surface area (Å²) >= 11 is 0. The number of hydrogen-bond donors (Lipinski definition) is 1. The van der Waals surface area contributed by atoms with E-state index in [9.17, 15) is 0 Å². The van der Waals surface area contributed by atoms with Crippen molar-refractivity contribution >= 4 is 18.1 Å². The van der Waals surface area contributed by atoms with Crippen LogP contribution in [-0.4, -0.2) is 24.0 Å². The topological polar surface area (TPSA) is 29.3 Å². The molecule has 0 amide bonds. The third-order valence-electron chi connectivity index (χ3n) is 6.67. The fourth-order valence-corrected chi connectivity index (χ4v) is 4.96. The van der Waals surface area contributed by atoms with Crippen LogP contribution in [-0.2, 0) is 18.3 Å². The lowest BCUT2D eigenvalue weighted by Crippen LogP contribution is -2.58. The fourth-order valence-electron chi connectivity index (χ4n) is 4.96. The zero-order valence-corrected chi connectivity index (χ0v) is 16.1. The van der Waals surface area contributed by atoms with Crippen LogP contribution in [0.3, 0.4) is 0 Å². The highest BCUT2D eigenvalue weighted by Gasteiger charge is 2.48. The minimum atomic E-state index is 0. The van der Waals surface area contributed by atoms with Gasteiger partial charge in [-0.05, 0) is 66.0 Å². The van der Waals surface area contributed by atoms with Crippen LogP contribution in [0.2, 0.25) is 0 Å². The predicted octanol–water partition coefficient (Wildman–Crippen LogP) is 4.46. The van der Waals surface area contributed by atoms with Gasteiger partial charge in [-0.25, -0.2) is 0 Å². The number of halogens is 1. The maximum atomic E-state index is 6.07. The van der Waals surface area contributed by atoms with Gasteiger partial charge in [-0.3, -0.25) is 4.90 Å². The minimum Gasteiger partial charge on any atom is -0.399 e. The Bertz CT molecular complexity index is 730. The lowest BCUT2D eigenvalue weighted by molar-refractivity contribution is 0.0324. The van der Waals surface area contributed by atoms with Gasteiger partial charge in [0.25, 0.3) is 0 Å². The number of piperidine rings is 1. The molecule has 0 aromatic heterocycles. The third-order valence-corrected chi connectivity index (χ3v) is 6.67. The van der Waals surface area contributed by atoms with Crippen molar-refractivity contribution < 1.29 is 0 Å². The molecule has 3 atom stereocenters. The van der Waals surface area contributed by atoms with Crippen LogP contribution in [0, 0.1) is 5.92 Å². The number of fused-ring (bicyclic) bond motifs is 4. The first-order chi connectivity index (χ1) is 11.6. The highest BCUT2D eigenvalue weighted by Crippen LogP contribution is 2.48. The molecule has 0 radical (unpaired) electrons. The Hall–Kier alpha value is -1.51. The number of nitrogens with zero attached hydrogens (tertiary/aromatic N) is 1. The second kappa shape index (κ2) is 7.01. The average Bonchev–Trinajstić information content (AvgIpc) is 2.58. The van der Waals surface area contributed by atoms with E-state index in [0.29, 0.717) is 17.4 Å². The number of likely N-dealkylation sites (tertiary alicyclic amines) is 1. The van der Waals surface area contributed by atoms with E-state index in [4.69, 9.17) is 5.73 Å². The molecule has 2 bridgehead atoms. The second-order valence-electron chi connectivity index (χ2n) is 7.92. The predicted molar refractivity (Wildman–Crippen MR) is 108 cm³/mol. The molecule has 1 aliphatic carbocycles. The molecular weight excluding hydrogens is 328 g/mol. The van der Waals surface area contributed by atoms with E-state index < -0.39 is 0 Å². The molecule has 25 heavy (non-hydrogen) atoms. The van der Waals surface area contributed by atoms with Crippen LogP contribution in [0.5, 0.6) is 0 Å². The van der Waals surface area contributed by atoms with Gasteiger partial charge >= 0.3 is 0 Å². The van der Waals surface area contributed by atoms with Gasteiger partial charge in [-0.1, -0.05) is 50.2 Å². The van der Waals surface area contributed by atoms with Crippen molar-refractivity contribution in [2.24, 2.45) is 5.92 Å². The molecule has 0 saturated carbocycles. The summed E-state index contributed by atoms with van der Waals surface area (Å²) in [5, 5.41) is 0. The molecule has 1 fully saturated rings. The van der Waals surface area contributed by atoms with Crippen molar-refractivity contribution in [1.82, 2.24) is 4.90 Å². The highest BCUT2D eigenvalue weighted by atomic mass is 35.5. The molecule has 2 N–H and O–H groups in total. The Labute approximate surface area is 157 Å². The molecule has 1 heterocycles. The van der Waals surface area contributed by atoms with Gasteiger partial charge in [0.1, 0.15) is 0 Å². The molecule has 2 nitrogen and oxygen atoms in total. The Morgan fingerprint density at radius 3 is 2.68 bits per heavy atom. The number of benzene rings is 2. The number of rotatable bonds is 3. The van der Waals surface area contributed by atoms with Crippen molar-refractivity contribution in [3.8, 4) is 0 Å². The van der Waals surface area contributed by atoms with E-state index in [0.717, 1.165) is 25.1 Å². The number of nitrogen functional groups attached to an aromatic ring is 1. The van der Waals surface area contributed by atoms with Crippen molar-refractivity contribution in [2.45, 2.75) is 44.6 Å². The van der Waals surface area contributed by atoms with E-state index in [1.807, 2.05) is 0 Å². The lowest BCUT2D eigenvalue weighted by atomic mass is 9.59. The van der Waals surface area contributed by atoms with E-state index in [1.54, 1.807) is 5.56 Å². The quantitative estimate of drug-likeness (QED) is 0.823. The zero-order chi connectivity index (χ0) is 16.7. The summed E-state index contributed by atoms with van der Waals surface area (Å²) in [6, 6.07) is 18.1. The average molecular weight is 357 g/mol. The Balaban J connectivity index is 0.00000182. The van der Waals surface area contributed by atoms with Crippen molar-refractivity contribution in [2.75, 3.05) is 18.8 Å². The van der Waals surface area contributed by atoms with E-state index in [2.05, 4.69) is 67.3 Å². The Morgan fingerprint density at radius 2 is 1.92 bits per heavy atom. The number of anilines is 1. The molecular formula is C22H29ClN2. The van der Waals surface area contributed by atoms with Gasteiger partial charge in [-0.2, -0.15) is 0 Å². The van der Waals surface area contributed by atoms with Gasteiger partial charge in [0.05, 0.1) is 0 Å². The normalized spacial score (nSPS) is 28.1. The molecule has 3 heteroatoms. The first-order valence-corrected chi connectivity index (χ1v) is 9.25. The molecule has 4 rings (SSSR count). The minimum absolute atomic E-state index is 0. The van der Waals surface area contributed by atoms with Gasteiger partial charge in [0.15, 0.2) is 0 Å². The maximum Gasteiger partial charge on any atom is 0.0316 e. The van der Waals surface area contributed by atoms with E-state index >= 15 is 0 Å². The van der Waals surface area contributed by atoms with E-state index in [-0.39, 0.29) is 12.4 Å². The molecule has 1 aliphatic heterocycles. The number of hydrogen-bond acceptors (Lipinski definition) is 2. The highest BCUT2D eigenvalue weighted by molar-refractivity contribution is 5.85. The Kier molecular flexibility index (Phi) is 5.13. The lowest BCUT2D eigenvalue weighted by Gasteiger charge is -2.54. The molecule has 2 aliphatic rings. The summed E-state index contributed by atoms with van der Waals surface area (Å²) < 4.78 is 0. The second-order valence-corrected chi connectivity index (χ2v) is 7.92. The first kappa shape index (κ1) is 18.3. The molecule has 134 valence electrons. The first-order valence-electron chi connectivity index (χ1n) is 9.25. The van der Waals surface area contributed by atoms with Gasteiger partial charge < -0.3 is 5.73 Å². The molecule has 2 aromatic rings. The monoisotopic (exact) mass is 356 g/mol. The SMILES string of the molecule is C[C@H]1C2Cc3cc(N)ccc3[C@@]1(C)CCN2CCc1ccccc1.Cl. The van der Waals surface area contributed by atoms with Crippen LogP contribution < -0.4 is 5.73 Å². The molecule has 0 spiro atoms. The Morgan fingerprint density at radius 1 is 1.16 bits per heavy atom. The van der Waals surface area contributed by atoms with Gasteiger partial charge in [0.2, 0.25) is 0 Å². The van der Waals surface area contributed by atoms with Crippen LogP contribution >= 0.6 is 12.4 Å². The van der Waals surface area contributed by atoms with Crippen molar-refractivity contribution in [1.29, 1.82) is 0 Å². The summed E-state index contributed by atoms with van der Waals surface area (Å²) in [5.41, 5.74) is 11.7. The summed E-state index contributed by atoms with van der Waals surface area (Å²) in [5.74, 6) is 0.693. The molecule has 2 aromatic carbocycles. The third kappa shape index (κ3) is 3.18. The van der Waals surface area contributed by atoms with Crippen LogP contribution in [0.15, 0.2) is 48.5 Å². The summed E-state index contributed by atoms with van der Waals surface area (Å²) in [7, 11) is 0. The largest absolute Gasteiger partial charge is 0.399 e. The van der Waals surface area contributed by atoms with Gasteiger partial charge in [0, 0.05) is 18.3 Å². The van der Waals surface area contributed by atoms with Crippen LogP contribution in [0.4, 0.5) is 5.69 Å². The molecule has 1 saturated heterocycles. The molecule has 1 unspecified atom stereocenters. The summed E-state index contributed by atoms with van der Waals surface area (Å²) in [6.45, 7) is 7.29. The maximum absolute atomic E-state index is 6.07. The van der Waals surface area contributed by atoms with Crippen LogP contribution in [0.1, 0.15) is 37.0 Å². The smallest absolute Gasteiger partial charge is 0.0316 e. The summed E-state index contributed by atoms with van der Waals surface area (Å²) in [4.78, 5) is 2.73. The van der Waals surface area contributed by atoms with Crippen molar-refractivity contribution in [3.05, 3.63) is 65.2 Å². The summed E-state index contributed by atoms with van der Waals surface area (Å²) in [6.07, 6.45) is 3.53. The number of nitrogens with two attached hydrogens (primary N) is 1. The zero-order valence-electron chi connectivity index (χ0n) is 15.2. The van der Waals surface area contributed by atoms with Crippen molar-refractivity contribution in [3.63, 3.8) is 0 Å². The van der Waals surface area contributed by atoms with E-state index in [1.165, 1.54) is 24.1 Å². The van der Waals surface area contributed by atoms with Gasteiger partial charge in [-0.15, -0.1) is 12.4 Å².